The van der Waals surface area contributed by atoms with Crippen LogP contribution in [0.2, 0.25) is 0 Å². The van der Waals surface area contributed by atoms with Gasteiger partial charge in [0.05, 0.1) is 16.2 Å². The number of benzene rings is 1. The lowest BCUT2D eigenvalue weighted by molar-refractivity contribution is -0.136. The molecule has 3 aromatic rings. The second-order valence-electron chi connectivity index (χ2n) is 5.53. The fourth-order valence-electron chi connectivity index (χ4n) is 2.73. The van der Waals surface area contributed by atoms with Crippen molar-refractivity contribution in [2.24, 2.45) is 0 Å². The van der Waals surface area contributed by atoms with Gasteiger partial charge in [-0.1, -0.05) is 6.07 Å². The lowest BCUT2D eigenvalue weighted by Gasteiger charge is -2.10. The van der Waals surface area contributed by atoms with Gasteiger partial charge < -0.3 is 4.98 Å². The van der Waals surface area contributed by atoms with Crippen molar-refractivity contribution in [3.05, 3.63) is 47.8 Å². The molecule has 0 spiro atoms. The first kappa shape index (κ1) is 16.5. The van der Waals surface area contributed by atoms with Gasteiger partial charge in [0.1, 0.15) is 0 Å². The normalized spacial score (nSPS) is 12.7. The minimum Gasteiger partial charge on any atom is -0.360 e. The van der Waals surface area contributed by atoms with Crippen LogP contribution in [-0.2, 0) is 16.0 Å². The van der Waals surface area contributed by atoms with Crippen LogP contribution < -0.4 is 0 Å². The van der Waals surface area contributed by atoms with E-state index < -0.39 is 21.6 Å². The van der Waals surface area contributed by atoms with Gasteiger partial charge in [-0.05, 0) is 30.7 Å². The molecule has 0 bridgehead atoms. The maximum Gasteiger partial charge on any atom is 0.418 e. The number of aryl methyl sites for hydroxylation is 1. The number of halogens is 3. The van der Waals surface area contributed by atoms with Crippen LogP contribution in [0.15, 0.2) is 41.6 Å². The van der Waals surface area contributed by atoms with E-state index in [1.165, 1.54) is 30.5 Å². The van der Waals surface area contributed by atoms with E-state index in [2.05, 4.69) is 9.97 Å². The quantitative estimate of drug-likeness (QED) is 0.758. The van der Waals surface area contributed by atoms with Crippen LogP contribution in [-0.4, -0.2) is 24.6 Å². The third kappa shape index (κ3) is 2.77. The first-order valence-electron chi connectivity index (χ1n) is 6.93. The molecule has 4 nitrogen and oxygen atoms in total. The molecule has 0 radical (unpaired) electrons. The minimum atomic E-state index is -4.52. The van der Waals surface area contributed by atoms with Gasteiger partial charge in [-0.3, -0.25) is 4.98 Å². The molecule has 0 atom stereocenters. The van der Waals surface area contributed by atoms with Crippen molar-refractivity contribution >= 4 is 20.7 Å². The van der Waals surface area contributed by atoms with Gasteiger partial charge in [0.2, 0.25) is 0 Å². The standard InChI is InChI=1S/C16H13F3N2O2S/c1-9-7-10(3-4-13(9)24(2,22)23)15-14-11(16(17,18)19)8-21-12(14)5-6-20-15/h3-8,21H,1-2H3. The Hall–Kier alpha value is -2.35. The van der Waals surface area contributed by atoms with Gasteiger partial charge in [-0.15, -0.1) is 0 Å². The van der Waals surface area contributed by atoms with E-state index in [0.29, 0.717) is 16.6 Å². The van der Waals surface area contributed by atoms with Crippen LogP contribution in [0.4, 0.5) is 13.2 Å². The zero-order chi connectivity index (χ0) is 17.7. The van der Waals surface area contributed by atoms with E-state index in [1.807, 2.05) is 0 Å². The SMILES string of the molecule is Cc1cc(-c2nccc3[nH]cc(C(F)(F)F)c23)ccc1S(C)(=O)=O. The first-order valence-corrected chi connectivity index (χ1v) is 8.82. The van der Waals surface area contributed by atoms with Gasteiger partial charge in [0.15, 0.2) is 9.84 Å². The van der Waals surface area contributed by atoms with E-state index in [0.717, 1.165) is 12.5 Å². The maximum atomic E-state index is 13.2. The molecule has 0 saturated heterocycles. The van der Waals surface area contributed by atoms with Gasteiger partial charge in [-0.2, -0.15) is 13.2 Å². The van der Waals surface area contributed by atoms with E-state index in [9.17, 15) is 21.6 Å². The van der Waals surface area contributed by atoms with E-state index in [4.69, 9.17) is 0 Å². The van der Waals surface area contributed by atoms with Gasteiger partial charge in [0.25, 0.3) is 0 Å². The number of H-pyrrole nitrogens is 1. The van der Waals surface area contributed by atoms with Crippen LogP contribution in [0.25, 0.3) is 22.2 Å². The molecule has 1 aromatic carbocycles. The topological polar surface area (TPSA) is 62.8 Å². The Balaban J connectivity index is 2.28. The molecule has 126 valence electrons. The number of nitrogens with one attached hydrogen (secondary N) is 1. The molecule has 24 heavy (non-hydrogen) atoms. The van der Waals surface area contributed by atoms with Gasteiger partial charge in [0, 0.05) is 35.1 Å². The highest BCUT2D eigenvalue weighted by atomic mass is 32.2. The number of pyridine rings is 1. The molecule has 0 aliphatic rings. The van der Waals surface area contributed by atoms with Crippen LogP contribution >= 0.6 is 0 Å². The molecule has 0 saturated carbocycles. The van der Waals surface area contributed by atoms with Crippen LogP contribution in [0.3, 0.4) is 0 Å². The Morgan fingerprint density at radius 2 is 1.88 bits per heavy atom. The fourth-order valence-corrected chi connectivity index (χ4v) is 3.69. The lowest BCUT2D eigenvalue weighted by Crippen LogP contribution is -2.04. The van der Waals surface area contributed by atoms with Crippen LogP contribution in [0, 0.1) is 6.92 Å². The smallest absolute Gasteiger partial charge is 0.360 e. The molecule has 2 heterocycles. The Bertz CT molecular complexity index is 1040. The zero-order valence-electron chi connectivity index (χ0n) is 12.8. The Morgan fingerprint density at radius 3 is 2.46 bits per heavy atom. The largest absolute Gasteiger partial charge is 0.418 e. The summed E-state index contributed by atoms with van der Waals surface area (Å²) >= 11 is 0. The predicted molar refractivity (Wildman–Crippen MR) is 84.4 cm³/mol. The summed E-state index contributed by atoms with van der Waals surface area (Å²) in [5, 5.41) is -0.0310. The zero-order valence-corrected chi connectivity index (χ0v) is 13.6. The highest BCUT2D eigenvalue weighted by Crippen LogP contribution is 2.39. The Morgan fingerprint density at radius 1 is 1.17 bits per heavy atom. The maximum absolute atomic E-state index is 13.2. The second-order valence-corrected chi connectivity index (χ2v) is 7.52. The van der Waals surface area contributed by atoms with Gasteiger partial charge >= 0.3 is 6.18 Å². The van der Waals surface area contributed by atoms with Gasteiger partial charge in [-0.25, -0.2) is 8.42 Å². The molecule has 0 aliphatic heterocycles. The van der Waals surface area contributed by atoms with E-state index in [1.54, 1.807) is 6.92 Å². The number of alkyl halides is 3. The number of nitrogens with zero attached hydrogens (tertiary/aromatic N) is 1. The second kappa shape index (κ2) is 5.34. The molecule has 0 fully saturated rings. The van der Waals surface area contributed by atoms with Crippen molar-refractivity contribution in [3.63, 3.8) is 0 Å². The van der Waals surface area contributed by atoms with Crippen LogP contribution in [0.5, 0.6) is 0 Å². The predicted octanol–water partition coefficient (Wildman–Crippen LogP) is 3.96. The highest BCUT2D eigenvalue weighted by Gasteiger charge is 2.35. The van der Waals surface area contributed by atoms with Crippen molar-refractivity contribution in [2.75, 3.05) is 6.26 Å². The number of hydrogen-bond donors (Lipinski definition) is 1. The molecule has 0 aliphatic carbocycles. The summed E-state index contributed by atoms with van der Waals surface area (Å²) in [4.78, 5) is 6.83. The van der Waals surface area contributed by atoms with Crippen molar-refractivity contribution in [1.29, 1.82) is 0 Å². The molecule has 3 rings (SSSR count). The number of aromatic amines is 1. The molecular formula is C16H13F3N2O2S. The average molecular weight is 354 g/mol. The summed E-state index contributed by atoms with van der Waals surface area (Å²) in [5.41, 5.74) is 0.556. The van der Waals surface area contributed by atoms with Crippen molar-refractivity contribution in [2.45, 2.75) is 18.0 Å². The number of sulfone groups is 1. The van der Waals surface area contributed by atoms with E-state index in [-0.39, 0.29) is 16.0 Å². The number of rotatable bonds is 2. The molecule has 8 heteroatoms. The summed E-state index contributed by atoms with van der Waals surface area (Å²) in [5.74, 6) is 0. The first-order chi connectivity index (χ1) is 11.1. The molecule has 0 amide bonds. The lowest BCUT2D eigenvalue weighted by atomic mass is 10.0. The summed E-state index contributed by atoms with van der Waals surface area (Å²) in [6.07, 6.45) is -1.11. The third-order valence-corrected chi connectivity index (χ3v) is 5.00. The monoisotopic (exact) mass is 354 g/mol. The molecular weight excluding hydrogens is 341 g/mol. The highest BCUT2D eigenvalue weighted by molar-refractivity contribution is 7.90. The molecule has 1 N–H and O–H groups in total. The fraction of sp³-hybridized carbons (Fsp3) is 0.188. The molecule has 0 unspecified atom stereocenters. The number of hydrogen-bond acceptors (Lipinski definition) is 3. The Kier molecular flexibility index (Phi) is 3.67. The van der Waals surface area contributed by atoms with Crippen molar-refractivity contribution in [3.8, 4) is 11.3 Å². The summed E-state index contributed by atoms with van der Waals surface area (Å²) in [6, 6.07) is 5.86. The minimum absolute atomic E-state index is 0.0310. The van der Waals surface area contributed by atoms with Crippen molar-refractivity contribution in [1.82, 2.24) is 9.97 Å². The number of aromatic nitrogens is 2. The van der Waals surface area contributed by atoms with Crippen LogP contribution in [0.1, 0.15) is 11.1 Å². The average Bonchev–Trinajstić information content (AvgIpc) is 2.89. The summed E-state index contributed by atoms with van der Waals surface area (Å²) < 4.78 is 63.0. The van der Waals surface area contributed by atoms with Crippen molar-refractivity contribution < 1.29 is 21.6 Å². The molecule has 2 aromatic heterocycles. The summed E-state index contributed by atoms with van der Waals surface area (Å²) in [7, 11) is -3.40. The van der Waals surface area contributed by atoms with E-state index >= 15 is 0 Å². The number of fused-ring (bicyclic) bond motifs is 1. The Labute approximate surface area is 136 Å². The summed E-state index contributed by atoms with van der Waals surface area (Å²) in [6.45, 7) is 1.60. The third-order valence-electron chi connectivity index (χ3n) is 3.75.